The molecule has 29 heavy (non-hydrogen) atoms. The molecule has 0 unspecified atom stereocenters. The summed E-state index contributed by atoms with van der Waals surface area (Å²) in [7, 11) is 13.3. The Morgan fingerprint density at radius 3 is 1.38 bits per heavy atom. The molecule has 3 aliphatic carbocycles. The second-order valence-corrected chi connectivity index (χ2v) is 9.83. The maximum Gasteiger partial charge on any atom is 0.199 e. The van der Waals surface area contributed by atoms with Crippen LogP contribution in [0.5, 0.6) is 0 Å². The highest BCUT2D eigenvalue weighted by Gasteiger charge is 2.33. The van der Waals surface area contributed by atoms with Gasteiger partial charge in [-0.25, -0.2) is 4.58 Å². The summed E-state index contributed by atoms with van der Waals surface area (Å²) < 4.78 is 2.20. The Hall–Kier alpha value is -0.900. The summed E-state index contributed by atoms with van der Waals surface area (Å²) in [5.41, 5.74) is 4.61. The highest BCUT2D eigenvalue weighted by molar-refractivity contribution is 6.02. The van der Waals surface area contributed by atoms with E-state index in [1.807, 2.05) is 0 Å². The van der Waals surface area contributed by atoms with Gasteiger partial charge >= 0.3 is 0 Å². The molecule has 164 valence electrons. The molecule has 2 fully saturated rings. The van der Waals surface area contributed by atoms with Crippen LogP contribution in [0.2, 0.25) is 0 Å². The molecule has 0 N–H and O–H groups in total. The first-order chi connectivity index (χ1) is 13.4. The van der Waals surface area contributed by atoms with Crippen LogP contribution in [0.25, 0.3) is 0 Å². The summed E-state index contributed by atoms with van der Waals surface area (Å²) in [4.78, 5) is 4.87. The number of hydrogen-bond acceptors (Lipinski definition) is 2. The van der Waals surface area contributed by atoms with E-state index in [1.54, 1.807) is 5.57 Å². The van der Waals surface area contributed by atoms with Crippen LogP contribution in [-0.2, 0) is 0 Å². The third kappa shape index (κ3) is 6.06. The molecule has 2 saturated carbocycles. The summed E-state index contributed by atoms with van der Waals surface area (Å²) in [5, 5.41) is 0. The predicted octanol–water partition coefficient (Wildman–Crippen LogP) is 1.37. The largest absolute Gasteiger partial charge is 1.00 e. The van der Waals surface area contributed by atoms with Gasteiger partial charge in [-0.3, -0.25) is 0 Å². The Morgan fingerprint density at radius 1 is 0.690 bits per heavy atom. The van der Waals surface area contributed by atoms with Crippen LogP contribution in [0.1, 0.15) is 51.4 Å². The van der Waals surface area contributed by atoms with Crippen LogP contribution in [0.3, 0.4) is 0 Å². The van der Waals surface area contributed by atoms with Gasteiger partial charge in [0.25, 0.3) is 0 Å². The molecule has 0 amide bonds. The molecule has 0 saturated heterocycles. The minimum atomic E-state index is 0. The Labute approximate surface area is 185 Å². The molecule has 0 atom stereocenters. The van der Waals surface area contributed by atoms with Gasteiger partial charge in [-0.05, 0) is 109 Å². The number of allylic oxidation sites excluding steroid dienone is 6. The van der Waals surface area contributed by atoms with Gasteiger partial charge in [0.15, 0.2) is 5.71 Å². The van der Waals surface area contributed by atoms with Crippen molar-refractivity contribution in [1.82, 2.24) is 9.80 Å². The first-order valence-corrected chi connectivity index (χ1v) is 11.3. The van der Waals surface area contributed by atoms with Gasteiger partial charge in [-0.2, -0.15) is 0 Å². The highest BCUT2D eigenvalue weighted by atomic mass is 35.5. The van der Waals surface area contributed by atoms with E-state index < -0.39 is 0 Å². The van der Waals surface area contributed by atoms with Gasteiger partial charge in [0, 0.05) is 24.2 Å². The monoisotopic (exact) mass is 419 g/mol. The van der Waals surface area contributed by atoms with Crippen LogP contribution < -0.4 is 12.4 Å². The topological polar surface area (TPSA) is 9.49 Å². The van der Waals surface area contributed by atoms with Gasteiger partial charge in [-0.15, -0.1) is 0 Å². The summed E-state index contributed by atoms with van der Waals surface area (Å²) in [5.74, 6) is 1.56. The van der Waals surface area contributed by atoms with Gasteiger partial charge in [0.05, 0.1) is 0 Å². The fourth-order valence-electron chi connectivity index (χ4n) is 5.56. The van der Waals surface area contributed by atoms with E-state index in [0.717, 1.165) is 23.9 Å². The Bertz CT molecular complexity index is 604. The minimum Gasteiger partial charge on any atom is -1.00 e. The fourth-order valence-corrected chi connectivity index (χ4v) is 5.56. The van der Waals surface area contributed by atoms with Crippen molar-refractivity contribution in [2.24, 2.45) is 11.8 Å². The molecule has 4 heteroatoms. The molecular weight excluding hydrogens is 378 g/mol. The Morgan fingerprint density at radius 2 is 1.07 bits per heavy atom. The molecule has 0 radical (unpaired) electrons. The lowest BCUT2D eigenvalue weighted by molar-refractivity contribution is -0.462. The summed E-state index contributed by atoms with van der Waals surface area (Å²) in [6, 6.07) is 1.55. The molecule has 3 rings (SSSR count). The van der Waals surface area contributed by atoms with Gasteiger partial charge < -0.3 is 22.2 Å². The highest BCUT2D eigenvalue weighted by Crippen LogP contribution is 2.43. The van der Waals surface area contributed by atoms with Crippen molar-refractivity contribution in [3.8, 4) is 0 Å². The Kier molecular flexibility index (Phi) is 9.18. The molecule has 0 bridgehead atoms. The fraction of sp³-hybridized carbons (Fsp3) is 0.720. The van der Waals surface area contributed by atoms with Crippen LogP contribution >= 0.6 is 0 Å². The van der Waals surface area contributed by atoms with E-state index in [4.69, 9.17) is 0 Å². The van der Waals surface area contributed by atoms with Crippen LogP contribution in [0.4, 0.5) is 0 Å². The summed E-state index contributed by atoms with van der Waals surface area (Å²) in [6.07, 6.45) is 20.3. The predicted molar refractivity (Wildman–Crippen MR) is 121 cm³/mol. The van der Waals surface area contributed by atoms with Crippen molar-refractivity contribution in [2.45, 2.75) is 63.5 Å². The number of rotatable bonds is 4. The van der Waals surface area contributed by atoms with Crippen molar-refractivity contribution in [3.05, 3.63) is 35.5 Å². The summed E-state index contributed by atoms with van der Waals surface area (Å²) >= 11 is 0. The van der Waals surface area contributed by atoms with Crippen molar-refractivity contribution in [2.75, 3.05) is 42.3 Å². The second-order valence-electron chi connectivity index (χ2n) is 9.83. The maximum absolute atomic E-state index is 2.43. The first kappa shape index (κ1) is 24.4. The number of halogens is 1. The number of hydrogen-bond donors (Lipinski definition) is 0. The maximum atomic E-state index is 2.43. The molecule has 0 aromatic carbocycles. The third-order valence-corrected chi connectivity index (χ3v) is 7.45. The van der Waals surface area contributed by atoms with Gasteiger partial charge in [0.1, 0.15) is 14.1 Å². The van der Waals surface area contributed by atoms with E-state index in [9.17, 15) is 0 Å². The van der Waals surface area contributed by atoms with Crippen molar-refractivity contribution in [1.29, 1.82) is 0 Å². The van der Waals surface area contributed by atoms with Crippen molar-refractivity contribution >= 4 is 5.71 Å². The first-order valence-electron chi connectivity index (χ1n) is 11.3. The zero-order chi connectivity index (χ0) is 20.3. The third-order valence-electron chi connectivity index (χ3n) is 7.45. The molecular formula is C25H42ClN3. The van der Waals surface area contributed by atoms with E-state index in [1.165, 1.54) is 62.7 Å². The standard InChI is InChI=1S/C25H42N3.ClH/c1-26(2)22-13-7-19(8-14-22)25(20-9-15-23(16-10-20)27(3)4)21-11-17-24(18-12-21)28(5)6;/h7-8,13-14,20-21,23-24H,9-12,15-18H2,1-6H3;1H/q+1;/p-1. The zero-order valence-electron chi connectivity index (χ0n) is 19.5. The van der Waals surface area contributed by atoms with Gasteiger partial charge in [-0.1, -0.05) is 5.57 Å². The molecule has 0 spiro atoms. The van der Waals surface area contributed by atoms with Crippen LogP contribution in [-0.4, -0.2) is 74.5 Å². The van der Waals surface area contributed by atoms with E-state index in [-0.39, 0.29) is 12.4 Å². The van der Waals surface area contributed by atoms with Gasteiger partial charge in [0.2, 0.25) is 0 Å². The minimum absolute atomic E-state index is 0. The van der Waals surface area contributed by atoms with E-state index in [0.29, 0.717) is 0 Å². The normalized spacial score (nSPS) is 29.9. The molecule has 0 aromatic heterocycles. The zero-order valence-corrected chi connectivity index (χ0v) is 20.3. The molecule has 3 aliphatic rings. The smallest absolute Gasteiger partial charge is 0.199 e. The average Bonchev–Trinajstić information content (AvgIpc) is 2.69. The number of nitrogens with zero attached hydrogens (tertiary/aromatic N) is 3. The van der Waals surface area contributed by atoms with E-state index in [2.05, 4.69) is 81.0 Å². The molecule has 3 nitrogen and oxygen atoms in total. The summed E-state index contributed by atoms with van der Waals surface area (Å²) in [6.45, 7) is 0. The van der Waals surface area contributed by atoms with Crippen molar-refractivity contribution in [3.63, 3.8) is 0 Å². The lowest BCUT2D eigenvalue weighted by Crippen LogP contribution is -3.00. The second kappa shape index (κ2) is 10.9. The quantitative estimate of drug-likeness (QED) is 0.636. The van der Waals surface area contributed by atoms with Crippen LogP contribution in [0.15, 0.2) is 35.5 Å². The molecule has 0 aliphatic heterocycles. The SMILES string of the molecule is CN(C)C1CCC(C(=C2C=CC(=[N+](C)C)C=C2)C2CCC(N(C)C)CC2)CC1.[Cl-]. The van der Waals surface area contributed by atoms with E-state index >= 15 is 0 Å². The Balaban J connectivity index is 0.00000300. The average molecular weight is 420 g/mol. The lowest BCUT2D eigenvalue weighted by Gasteiger charge is -2.40. The molecule has 0 aromatic rings. The van der Waals surface area contributed by atoms with Crippen molar-refractivity contribution < 1.29 is 17.0 Å². The lowest BCUT2D eigenvalue weighted by atomic mass is 9.70. The van der Waals surface area contributed by atoms with Crippen LogP contribution in [0, 0.1) is 11.8 Å². The molecule has 0 heterocycles.